The van der Waals surface area contributed by atoms with Gasteiger partial charge in [-0.2, -0.15) is 0 Å². The summed E-state index contributed by atoms with van der Waals surface area (Å²) in [5.74, 6) is 0.649. The Labute approximate surface area is 277 Å². The van der Waals surface area contributed by atoms with Gasteiger partial charge >= 0.3 is 0 Å². The van der Waals surface area contributed by atoms with Crippen LogP contribution >= 0.6 is 68.0 Å². The van der Waals surface area contributed by atoms with Crippen LogP contribution in [0.4, 0.5) is 4.39 Å². The Morgan fingerprint density at radius 2 is 1.56 bits per heavy atom. The van der Waals surface area contributed by atoms with E-state index in [1.54, 1.807) is 16.7 Å². The smallest absolute Gasteiger partial charge is 0.142 e. The van der Waals surface area contributed by atoms with E-state index < -0.39 is 0 Å². The molecule has 0 radical (unpaired) electrons. The van der Waals surface area contributed by atoms with Gasteiger partial charge in [-0.15, -0.1) is 68.0 Å². The number of thiophene rings is 6. The van der Waals surface area contributed by atoms with Crippen molar-refractivity contribution in [1.29, 1.82) is 0 Å². The highest BCUT2D eigenvalue weighted by molar-refractivity contribution is 7.30. The summed E-state index contributed by atoms with van der Waals surface area (Å²) in [6.45, 7) is 11.6. The maximum Gasteiger partial charge on any atom is 0.142 e. The number of benzene rings is 1. The van der Waals surface area contributed by atoms with E-state index in [0.717, 1.165) is 16.0 Å². The summed E-state index contributed by atoms with van der Waals surface area (Å²) >= 11 is 10.9. The Kier molecular flexibility index (Phi) is 8.19. The second-order valence-electron chi connectivity index (χ2n) is 12.5. The summed E-state index contributed by atoms with van der Waals surface area (Å²) in [5, 5.41) is 9.30. The highest BCUT2D eigenvalue weighted by Gasteiger charge is 2.27. The predicted octanol–water partition coefficient (Wildman–Crippen LogP) is 14.7. The van der Waals surface area contributed by atoms with Gasteiger partial charge in [-0.05, 0) is 53.5 Å². The van der Waals surface area contributed by atoms with Crippen molar-refractivity contribution in [3.8, 4) is 30.6 Å². The van der Waals surface area contributed by atoms with E-state index in [-0.39, 0.29) is 11.2 Å². The van der Waals surface area contributed by atoms with Crippen molar-refractivity contribution in [2.45, 2.75) is 72.1 Å². The van der Waals surface area contributed by atoms with Gasteiger partial charge < -0.3 is 0 Å². The minimum Gasteiger partial charge on any atom is -0.205 e. The van der Waals surface area contributed by atoms with E-state index >= 15 is 0 Å². The third kappa shape index (κ3) is 5.38. The molecule has 1 atom stereocenters. The van der Waals surface area contributed by atoms with Crippen LogP contribution in [0.3, 0.4) is 0 Å². The van der Waals surface area contributed by atoms with Crippen molar-refractivity contribution in [3.05, 3.63) is 68.1 Å². The normalized spacial score (nSPS) is 13.3. The molecule has 0 nitrogen and oxygen atoms in total. The molecule has 222 valence electrons. The van der Waals surface area contributed by atoms with Gasteiger partial charge in [-0.3, -0.25) is 0 Å². The van der Waals surface area contributed by atoms with Crippen molar-refractivity contribution >= 4 is 98.3 Å². The third-order valence-corrected chi connectivity index (χ3v) is 15.4. The molecule has 7 aromatic rings. The fourth-order valence-electron chi connectivity index (χ4n) is 5.98. The first kappa shape index (κ1) is 29.8. The zero-order valence-corrected chi connectivity index (χ0v) is 30.0. The average molecular weight is 679 g/mol. The van der Waals surface area contributed by atoms with Crippen LogP contribution in [0, 0.1) is 11.7 Å². The monoisotopic (exact) mass is 678 g/mol. The molecule has 0 fully saturated rings. The fraction of sp³-hybridized carbons (Fsp3) is 0.333. The van der Waals surface area contributed by atoms with Crippen LogP contribution in [0.1, 0.15) is 70.1 Å². The summed E-state index contributed by atoms with van der Waals surface area (Å²) < 4.78 is 18.3. The molecular formula is C36H35FS6. The summed E-state index contributed by atoms with van der Waals surface area (Å²) in [7, 11) is 0. The van der Waals surface area contributed by atoms with Crippen LogP contribution in [-0.4, -0.2) is 0 Å². The molecule has 0 saturated carbocycles. The third-order valence-electron chi connectivity index (χ3n) is 8.41. The Balaban J connectivity index is 1.49. The molecule has 0 aliphatic carbocycles. The van der Waals surface area contributed by atoms with Gasteiger partial charge in [0.05, 0.1) is 9.58 Å². The lowest BCUT2D eigenvalue weighted by Crippen LogP contribution is -2.07. The van der Waals surface area contributed by atoms with Crippen molar-refractivity contribution < 1.29 is 4.39 Å². The minimum atomic E-state index is -0.103. The summed E-state index contributed by atoms with van der Waals surface area (Å²) in [6.07, 6.45) is 6.31. The molecule has 0 amide bonds. The van der Waals surface area contributed by atoms with E-state index in [0.29, 0.717) is 0 Å². The maximum absolute atomic E-state index is 14.5. The van der Waals surface area contributed by atoms with Gasteiger partial charge in [0.1, 0.15) is 5.82 Å². The van der Waals surface area contributed by atoms with Crippen molar-refractivity contribution in [2.75, 3.05) is 0 Å². The maximum atomic E-state index is 14.5. The second-order valence-corrected chi connectivity index (χ2v) is 18.4. The Morgan fingerprint density at radius 1 is 0.767 bits per heavy atom. The molecule has 7 rings (SSSR count). The highest BCUT2D eigenvalue weighted by Crippen LogP contribution is 2.55. The molecule has 1 unspecified atom stereocenters. The molecule has 0 bridgehead atoms. The first-order valence-corrected chi connectivity index (χ1v) is 20.2. The van der Waals surface area contributed by atoms with Gasteiger partial charge in [-0.25, -0.2) is 4.39 Å². The lowest BCUT2D eigenvalue weighted by atomic mass is 9.93. The Hall–Kier alpha value is -1.87. The second kappa shape index (κ2) is 11.8. The summed E-state index contributed by atoms with van der Waals surface area (Å²) in [6, 6.07) is 14.1. The molecule has 6 heterocycles. The predicted molar refractivity (Wildman–Crippen MR) is 198 cm³/mol. The highest BCUT2D eigenvalue weighted by atomic mass is 32.1. The molecule has 0 aliphatic rings. The zero-order chi connectivity index (χ0) is 29.9. The van der Waals surface area contributed by atoms with E-state index in [1.807, 2.05) is 50.7 Å². The fourth-order valence-corrected chi connectivity index (χ4v) is 13.0. The molecular weight excluding hydrogens is 644 g/mol. The molecule has 1 aromatic carbocycles. The van der Waals surface area contributed by atoms with Crippen LogP contribution in [0.2, 0.25) is 0 Å². The first-order valence-electron chi connectivity index (χ1n) is 15.1. The number of hydrogen-bond donors (Lipinski definition) is 0. The van der Waals surface area contributed by atoms with Crippen LogP contribution in [0.15, 0.2) is 52.5 Å². The molecule has 7 heteroatoms. The van der Waals surface area contributed by atoms with E-state index in [9.17, 15) is 4.39 Å². The van der Waals surface area contributed by atoms with E-state index in [1.165, 1.54) is 104 Å². The van der Waals surface area contributed by atoms with Crippen molar-refractivity contribution in [1.82, 2.24) is 0 Å². The minimum absolute atomic E-state index is 0.0757. The number of hydrogen-bond acceptors (Lipinski definition) is 6. The number of fused-ring (bicyclic) bond motifs is 3. The number of halogens is 1. The van der Waals surface area contributed by atoms with Crippen LogP contribution in [0.25, 0.3) is 60.9 Å². The number of rotatable bonds is 9. The van der Waals surface area contributed by atoms with Gasteiger partial charge in [0.2, 0.25) is 0 Å². The van der Waals surface area contributed by atoms with Gasteiger partial charge in [0.15, 0.2) is 0 Å². The average Bonchev–Trinajstić information content (AvgIpc) is 3.81. The molecule has 43 heavy (non-hydrogen) atoms. The first-order chi connectivity index (χ1) is 20.8. The van der Waals surface area contributed by atoms with Gasteiger partial charge in [0.25, 0.3) is 0 Å². The molecule has 0 saturated heterocycles. The SMILES string of the molecule is CCCCC(CC)Cc1ccc(-c2c3cc(C(C)(C)C)sc3c(-c3cccs3)c3cc(-c4scc5c(F)csc45)sc23)s1. The standard InChI is InChI=1S/C36H35FS6/c1-6-8-10-20(7-2)15-21-12-13-27(41-21)31-23-17-29(36(3,4)5)43-33(23)30(26-11-9-14-38-26)22-16-28(42-32(22)31)35-34-24(18-39-35)25(37)19-40-34/h9,11-14,16-20H,6-8,10,15H2,1-5H3. The largest absolute Gasteiger partial charge is 0.205 e. The lowest BCUT2D eigenvalue weighted by Gasteiger charge is -2.15. The molecule has 6 aromatic heterocycles. The van der Waals surface area contributed by atoms with Crippen molar-refractivity contribution in [2.24, 2.45) is 5.92 Å². The quantitative estimate of drug-likeness (QED) is 0.143. The van der Waals surface area contributed by atoms with Crippen molar-refractivity contribution in [3.63, 3.8) is 0 Å². The Morgan fingerprint density at radius 3 is 2.30 bits per heavy atom. The van der Waals surface area contributed by atoms with Crippen LogP contribution in [-0.2, 0) is 11.8 Å². The van der Waals surface area contributed by atoms with Gasteiger partial charge in [0, 0.05) is 71.8 Å². The molecule has 0 aliphatic heterocycles. The topological polar surface area (TPSA) is 0 Å². The summed E-state index contributed by atoms with van der Waals surface area (Å²) in [5.41, 5.74) is 2.82. The Bertz CT molecular complexity index is 2030. The lowest BCUT2D eigenvalue weighted by molar-refractivity contribution is 0.452. The van der Waals surface area contributed by atoms with E-state index in [2.05, 4.69) is 76.4 Å². The van der Waals surface area contributed by atoms with Crippen LogP contribution in [0.5, 0.6) is 0 Å². The number of unbranched alkanes of at least 4 members (excludes halogenated alkanes) is 1. The molecule has 0 spiro atoms. The van der Waals surface area contributed by atoms with Crippen LogP contribution < -0.4 is 0 Å². The van der Waals surface area contributed by atoms with Gasteiger partial charge in [-0.1, -0.05) is 66.4 Å². The van der Waals surface area contributed by atoms with E-state index in [4.69, 9.17) is 0 Å². The molecule has 0 N–H and O–H groups in total. The summed E-state index contributed by atoms with van der Waals surface area (Å²) in [4.78, 5) is 8.06. The zero-order valence-electron chi connectivity index (χ0n) is 25.1.